The Bertz CT molecular complexity index is 2790. The average molecular weight is 792 g/mol. The molecule has 0 atom stereocenters. The number of hydrogen-bond acceptors (Lipinski definition) is 7. The summed E-state index contributed by atoms with van der Waals surface area (Å²) in [6.07, 6.45) is 0. The van der Waals surface area contributed by atoms with Crippen LogP contribution in [0.25, 0.3) is 33.3 Å². The monoisotopic (exact) mass is 791 g/mol. The molecule has 9 aromatic rings. The number of para-hydroxylation sites is 4. The van der Waals surface area contributed by atoms with E-state index in [2.05, 4.69) is 73.0 Å². The molecule has 2 N–H and O–H groups in total. The van der Waals surface area contributed by atoms with Crippen LogP contribution < -0.4 is 15.5 Å². The van der Waals surface area contributed by atoms with Crippen molar-refractivity contribution in [2.24, 2.45) is 4.36 Å². The summed E-state index contributed by atoms with van der Waals surface area (Å²) in [7, 11) is 0. The molecule has 0 bridgehead atoms. The van der Waals surface area contributed by atoms with Gasteiger partial charge in [0, 0.05) is 63.2 Å². The minimum absolute atomic E-state index is 0.148. The van der Waals surface area contributed by atoms with E-state index in [0.717, 1.165) is 45.3 Å². The molecule has 286 valence electrons. The molecule has 10 heteroatoms. The highest BCUT2D eigenvalue weighted by Gasteiger charge is 2.26. The van der Waals surface area contributed by atoms with Gasteiger partial charge in [-0.1, -0.05) is 108 Å². The maximum Gasteiger partial charge on any atom is 0.131 e. The highest BCUT2D eigenvalue weighted by molar-refractivity contribution is 7.47. The first kappa shape index (κ1) is 37.0. The minimum atomic E-state index is -0.691. The zero-order valence-electron chi connectivity index (χ0n) is 31.5. The standard InChI is InChI=1S/C49H35F2N7S/c50-42-22-13-23-43(51)41(42)32-56-49-44(33-24-28-39(29-25-33)57(35-14-5-1-6-15-35)36-16-7-2-8-17-36)46(52)47(54-59)45(48(49)53-55-56)34-26-30-40(31-27-34)58(37-18-9-3-10-19-37)38-20-11-4-12-21-38/h1-31H,32,52H2. The third-order valence-corrected chi connectivity index (χ3v) is 10.5. The number of anilines is 7. The van der Waals surface area contributed by atoms with E-state index in [4.69, 9.17) is 18.2 Å². The Morgan fingerprint density at radius 2 is 0.898 bits per heavy atom. The second-order valence-corrected chi connectivity index (χ2v) is 14.0. The van der Waals surface area contributed by atoms with Crippen molar-refractivity contribution in [2.45, 2.75) is 6.54 Å². The van der Waals surface area contributed by atoms with Gasteiger partial charge >= 0.3 is 0 Å². The van der Waals surface area contributed by atoms with Gasteiger partial charge in [0.05, 0.1) is 17.7 Å². The van der Waals surface area contributed by atoms with Gasteiger partial charge in [0.2, 0.25) is 0 Å². The zero-order valence-corrected chi connectivity index (χ0v) is 32.3. The number of rotatable bonds is 11. The van der Waals surface area contributed by atoms with Crippen molar-refractivity contribution in [2.75, 3.05) is 15.5 Å². The molecule has 1 aromatic heterocycles. The summed E-state index contributed by atoms with van der Waals surface area (Å²) in [6, 6.07) is 60.1. The van der Waals surface area contributed by atoms with Gasteiger partial charge in [0.1, 0.15) is 22.8 Å². The van der Waals surface area contributed by atoms with Crippen LogP contribution in [0.15, 0.2) is 192 Å². The average Bonchev–Trinajstić information content (AvgIpc) is 3.69. The van der Waals surface area contributed by atoms with E-state index in [-0.39, 0.29) is 17.8 Å². The molecule has 0 aliphatic carbocycles. The summed E-state index contributed by atoms with van der Waals surface area (Å²) in [5.74, 6) is -1.38. The molecular formula is C49H35F2N7S. The number of nitrogen functional groups attached to an aromatic ring is 1. The Labute approximate surface area is 345 Å². The molecule has 0 amide bonds. The summed E-state index contributed by atoms with van der Waals surface area (Å²) in [6.45, 7) is -0.235. The van der Waals surface area contributed by atoms with Crippen LogP contribution in [0, 0.1) is 11.6 Å². The number of nitrogens with two attached hydrogens (primary N) is 1. The highest BCUT2D eigenvalue weighted by atomic mass is 32.1. The van der Waals surface area contributed by atoms with Crippen molar-refractivity contribution in [3.8, 4) is 22.3 Å². The van der Waals surface area contributed by atoms with Crippen LogP contribution in [0.4, 0.5) is 54.3 Å². The van der Waals surface area contributed by atoms with E-state index in [1.165, 1.54) is 22.9 Å². The van der Waals surface area contributed by atoms with Gasteiger partial charge in [-0.15, -0.1) is 5.10 Å². The topological polar surface area (TPSA) is 75.6 Å². The van der Waals surface area contributed by atoms with Crippen molar-refractivity contribution in [3.63, 3.8) is 0 Å². The molecule has 0 saturated carbocycles. The van der Waals surface area contributed by atoms with Crippen molar-refractivity contribution in [1.82, 2.24) is 15.0 Å². The molecule has 0 radical (unpaired) electrons. The van der Waals surface area contributed by atoms with Crippen molar-refractivity contribution >= 4 is 69.0 Å². The second-order valence-electron chi connectivity index (χ2n) is 13.9. The summed E-state index contributed by atoms with van der Waals surface area (Å²) in [4.78, 5) is 4.32. The van der Waals surface area contributed by atoms with E-state index in [1.807, 2.05) is 121 Å². The fraction of sp³-hybridized carbons (Fsp3) is 0.0204. The van der Waals surface area contributed by atoms with Crippen LogP contribution in [-0.2, 0) is 19.0 Å². The number of aromatic nitrogens is 3. The number of benzene rings is 8. The van der Waals surface area contributed by atoms with E-state index < -0.39 is 11.6 Å². The molecule has 0 spiro atoms. The number of nitrogens with zero attached hydrogens (tertiary/aromatic N) is 6. The molecule has 0 saturated heterocycles. The fourth-order valence-corrected chi connectivity index (χ4v) is 7.77. The van der Waals surface area contributed by atoms with Crippen LogP contribution in [0.1, 0.15) is 5.56 Å². The van der Waals surface area contributed by atoms with Gasteiger partial charge in [-0.3, -0.25) is 0 Å². The van der Waals surface area contributed by atoms with Crippen LogP contribution >= 0.6 is 0 Å². The molecule has 8 aromatic carbocycles. The Morgan fingerprint density at radius 1 is 0.508 bits per heavy atom. The molecule has 7 nitrogen and oxygen atoms in total. The van der Waals surface area contributed by atoms with Crippen LogP contribution in [0.2, 0.25) is 0 Å². The Morgan fingerprint density at radius 3 is 1.31 bits per heavy atom. The van der Waals surface area contributed by atoms with E-state index >= 15 is 8.78 Å². The lowest BCUT2D eigenvalue weighted by Gasteiger charge is -2.26. The third-order valence-electron chi connectivity index (χ3n) is 10.3. The molecular weight excluding hydrogens is 757 g/mol. The van der Waals surface area contributed by atoms with Gasteiger partial charge in [0.15, 0.2) is 0 Å². The third kappa shape index (κ3) is 7.06. The normalized spacial score (nSPS) is 11.1. The summed E-state index contributed by atoms with van der Waals surface area (Å²) in [5.41, 5.74) is 16.9. The number of halogens is 2. The Balaban J connectivity index is 1.21. The van der Waals surface area contributed by atoms with Crippen molar-refractivity contribution in [3.05, 3.63) is 205 Å². The van der Waals surface area contributed by atoms with Crippen LogP contribution in [0.3, 0.4) is 0 Å². The van der Waals surface area contributed by atoms with Crippen LogP contribution in [-0.4, -0.2) is 15.0 Å². The van der Waals surface area contributed by atoms with Gasteiger partial charge in [0.25, 0.3) is 0 Å². The van der Waals surface area contributed by atoms with Gasteiger partial charge in [-0.2, -0.15) is 4.36 Å². The van der Waals surface area contributed by atoms with Gasteiger partial charge in [-0.05, 0) is 96.1 Å². The highest BCUT2D eigenvalue weighted by Crippen LogP contribution is 2.49. The molecule has 0 aliphatic rings. The molecule has 9 rings (SSSR count). The summed E-state index contributed by atoms with van der Waals surface area (Å²) in [5, 5.41) is 9.15. The van der Waals surface area contributed by atoms with E-state index in [1.54, 1.807) is 0 Å². The van der Waals surface area contributed by atoms with Crippen molar-refractivity contribution < 1.29 is 8.78 Å². The maximum absolute atomic E-state index is 15.2. The van der Waals surface area contributed by atoms with E-state index in [0.29, 0.717) is 27.8 Å². The first-order valence-corrected chi connectivity index (χ1v) is 19.3. The first-order chi connectivity index (χ1) is 29.0. The largest absolute Gasteiger partial charge is 0.396 e. The SMILES string of the molecule is Nc1c(N=S)c(-c2ccc(N(c3ccccc3)c3ccccc3)cc2)c2nnn(Cc3c(F)cccc3F)c2c1-c1ccc(N(c2ccccc2)c2ccccc2)cc1. The molecule has 0 fully saturated rings. The van der Waals surface area contributed by atoms with Gasteiger partial charge in [-0.25, -0.2) is 13.5 Å². The Hall–Kier alpha value is -7.56. The molecule has 0 unspecified atom stereocenters. The van der Waals surface area contributed by atoms with Gasteiger partial charge < -0.3 is 15.5 Å². The zero-order chi connectivity index (χ0) is 40.3. The summed E-state index contributed by atoms with van der Waals surface area (Å²) < 4.78 is 36.2. The van der Waals surface area contributed by atoms with Crippen molar-refractivity contribution in [1.29, 1.82) is 0 Å². The first-order valence-electron chi connectivity index (χ1n) is 19.0. The lowest BCUT2D eigenvalue weighted by Crippen LogP contribution is -2.10. The van der Waals surface area contributed by atoms with Crippen LogP contribution in [0.5, 0.6) is 0 Å². The summed E-state index contributed by atoms with van der Waals surface area (Å²) >= 11 is 5.45. The molecule has 0 aliphatic heterocycles. The predicted molar refractivity (Wildman–Crippen MR) is 237 cm³/mol. The maximum atomic E-state index is 15.2. The van der Waals surface area contributed by atoms with E-state index in [9.17, 15) is 0 Å². The Kier molecular flexibility index (Phi) is 10.1. The smallest absolute Gasteiger partial charge is 0.131 e. The lowest BCUT2D eigenvalue weighted by atomic mass is 9.93. The number of fused-ring (bicyclic) bond motifs is 1. The minimum Gasteiger partial charge on any atom is -0.396 e. The fourth-order valence-electron chi connectivity index (χ4n) is 7.58. The molecule has 59 heavy (non-hydrogen) atoms. The number of hydrogen-bond donors (Lipinski definition) is 1. The molecule has 1 heterocycles. The quantitative estimate of drug-likeness (QED) is 0.132. The lowest BCUT2D eigenvalue weighted by molar-refractivity contribution is 0.532. The predicted octanol–water partition coefficient (Wildman–Crippen LogP) is 13.0. The second kappa shape index (κ2) is 16.1.